The Labute approximate surface area is 219 Å². The monoisotopic (exact) mass is 534 g/mol. The van der Waals surface area contributed by atoms with E-state index in [2.05, 4.69) is 35.4 Å². The maximum absolute atomic E-state index is 13.5. The molecule has 2 N–H and O–H groups in total. The fraction of sp³-hybridized carbons (Fsp3) is 0.231. The first-order valence-electron chi connectivity index (χ1n) is 11.8. The molecule has 1 saturated carbocycles. The van der Waals surface area contributed by atoms with Gasteiger partial charge in [0, 0.05) is 28.9 Å². The minimum Gasteiger partial charge on any atom is -0.341 e. The summed E-state index contributed by atoms with van der Waals surface area (Å²) < 4.78 is 26.6. The summed E-state index contributed by atoms with van der Waals surface area (Å²) in [6, 6.07) is 10.7. The van der Waals surface area contributed by atoms with Crippen molar-refractivity contribution in [2.45, 2.75) is 38.1 Å². The Hall–Kier alpha value is -4.41. The largest absolute Gasteiger partial charge is 0.360 e. The molecule has 0 bridgehead atoms. The number of hydrogen-bond acceptors (Lipinski definition) is 6. The third-order valence-electron chi connectivity index (χ3n) is 5.87. The van der Waals surface area contributed by atoms with Crippen molar-refractivity contribution >= 4 is 28.3 Å². The number of anilines is 1. The van der Waals surface area contributed by atoms with E-state index in [1.165, 1.54) is 49.4 Å². The Morgan fingerprint density at radius 2 is 1.74 bits per heavy atom. The van der Waals surface area contributed by atoms with E-state index in [4.69, 9.17) is 0 Å². The molecule has 0 spiro atoms. The van der Waals surface area contributed by atoms with Crippen LogP contribution in [0.25, 0.3) is 22.0 Å². The number of nitrogens with zero attached hydrogens (tertiary/aromatic N) is 5. The van der Waals surface area contributed by atoms with Gasteiger partial charge in [0.15, 0.2) is 5.13 Å². The SMILES string of the molecule is CC(C)(N=[N+]=NC(=O)c1ccc(F)cc1)C(=O)Nc1nc(-c2ccc(F)cc2)c(-c2ncc(C3CC3)[nH]2)s1. The van der Waals surface area contributed by atoms with Gasteiger partial charge in [0.2, 0.25) is 15.6 Å². The Balaban J connectivity index is 1.38. The van der Waals surface area contributed by atoms with Crippen molar-refractivity contribution in [2.24, 2.45) is 10.2 Å². The van der Waals surface area contributed by atoms with E-state index in [0.717, 1.165) is 30.7 Å². The molecular formula is C26H22F2N7O2S+. The molecule has 2 aromatic heterocycles. The molecule has 2 heterocycles. The molecule has 0 saturated heterocycles. The van der Waals surface area contributed by atoms with Gasteiger partial charge in [-0.3, -0.25) is 14.9 Å². The van der Waals surface area contributed by atoms with Gasteiger partial charge in [-0.2, -0.15) is 0 Å². The molecule has 4 aromatic rings. The Morgan fingerprint density at radius 1 is 1.08 bits per heavy atom. The number of hydrogen-bond donors (Lipinski definition) is 2. The summed E-state index contributed by atoms with van der Waals surface area (Å²) in [5, 5.41) is 10.4. The van der Waals surface area contributed by atoms with Crippen molar-refractivity contribution < 1.29 is 18.4 Å². The zero-order chi connectivity index (χ0) is 26.9. The first kappa shape index (κ1) is 25.2. The normalized spacial score (nSPS) is 13.1. The maximum Gasteiger partial charge on any atom is 0.360 e. The lowest BCUT2D eigenvalue weighted by atomic mass is 10.1. The fourth-order valence-corrected chi connectivity index (χ4v) is 4.45. The highest BCUT2D eigenvalue weighted by molar-refractivity contribution is 7.19. The van der Waals surface area contributed by atoms with Crippen molar-refractivity contribution in [1.29, 1.82) is 0 Å². The first-order chi connectivity index (χ1) is 18.2. The van der Waals surface area contributed by atoms with Gasteiger partial charge >= 0.3 is 5.91 Å². The van der Waals surface area contributed by atoms with Gasteiger partial charge in [-0.1, -0.05) is 11.3 Å². The van der Waals surface area contributed by atoms with Gasteiger partial charge in [-0.15, -0.1) is 0 Å². The highest BCUT2D eigenvalue weighted by atomic mass is 32.1. The average Bonchev–Trinajstić information content (AvgIpc) is 3.47. The topological polar surface area (TPSA) is 127 Å². The van der Waals surface area contributed by atoms with Crippen LogP contribution in [0.1, 0.15) is 48.7 Å². The predicted octanol–water partition coefficient (Wildman–Crippen LogP) is 5.88. The zero-order valence-corrected chi connectivity index (χ0v) is 21.2. The molecule has 2 aromatic carbocycles. The maximum atomic E-state index is 13.5. The molecule has 192 valence electrons. The van der Waals surface area contributed by atoms with Crippen molar-refractivity contribution in [1.82, 2.24) is 19.9 Å². The third-order valence-corrected chi connectivity index (χ3v) is 6.85. The van der Waals surface area contributed by atoms with E-state index >= 15 is 0 Å². The molecule has 1 aliphatic rings. The Morgan fingerprint density at radius 3 is 2.39 bits per heavy atom. The van der Waals surface area contributed by atoms with Crippen molar-refractivity contribution in [3.8, 4) is 22.0 Å². The van der Waals surface area contributed by atoms with Gasteiger partial charge in [0.25, 0.3) is 5.91 Å². The molecule has 9 nitrogen and oxygen atoms in total. The number of carbonyl (C=O) groups excluding carboxylic acids is 2. The molecule has 0 aliphatic heterocycles. The number of benzene rings is 2. The summed E-state index contributed by atoms with van der Waals surface area (Å²) in [4.78, 5) is 41.8. The van der Waals surface area contributed by atoms with Crippen molar-refractivity contribution in [3.63, 3.8) is 0 Å². The minimum atomic E-state index is -1.39. The second kappa shape index (κ2) is 10.2. The zero-order valence-electron chi connectivity index (χ0n) is 20.4. The molecule has 2 amide bonds. The van der Waals surface area contributed by atoms with Gasteiger partial charge in [-0.25, -0.2) is 18.7 Å². The number of amides is 2. The van der Waals surface area contributed by atoms with Crippen LogP contribution in [0.15, 0.2) is 65.0 Å². The summed E-state index contributed by atoms with van der Waals surface area (Å²) in [7, 11) is 0. The number of aromatic nitrogens is 3. The number of aromatic amines is 1. The van der Waals surface area contributed by atoms with Crippen molar-refractivity contribution in [2.75, 3.05) is 5.32 Å². The fourth-order valence-electron chi connectivity index (χ4n) is 3.51. The number of carbonyl (C=O) groups is 2. The van der Waals surface area contributed by atoms with Crippen LogP contribution in [0.4, 0.5) is 13.9 Å². The molecule has 0 radical (unpaired) electrons. The van der Waals surface area contributed by atoms with Gasteiger partial charge in [0.05, 0.1) is 10.6 Å². The van der Waals surface area contributed by atoms with Crippen molar-refractivity contribution in [3.05, 3.63) is 77.6 Å². The number of halogens is 2. The van der Waals surface area contributed by atoms with Crippen LogP contribution in [-0.2, 0) is 4.79 Å². The van der Waals surface area contributed by atoms with Crippen LogP contribution in [-0.4, -0.2) is 32.3 Å². The molecule has 0 unspecified atom stereocenters. The summed E-state index contributed by atoms with van der Waals surface area (Å²) in [6.07, 6.45) is 4.03. The highest BCUT2D eigenvalue weighted by Gasteiger charge is 2.34. The Kier molecular flexibility index (Phi) is 6.75. The molecule has 1 aliphatic carbocycles. The van der Waals surface area contributed by atoms with E-state index < -0.39 is 23.2 Å². The van der Waals surface area contributed by atoms with Gasteiger partial charge < -0.3 is 4.98 Å². The van der Waals surface area contributed by atoms with Gasteiger partial charge in [0.1, 0.15) is 22.6 Å². The Bertz CT molecular complexity index is 1570. The summed E-state index contributed by atoms with van der Waals surface area (Å²) in [5.41, 5.74) is 1.00. The lowest BCUT2D eigenvalue weighted by Gasteiger charge is -2.09. The standard InChI is InChI=1S/C26H21F2N7O2S/c1-26(2,34-35-33-23(36)16-7-11-18(28)12-8-16)24(37)32-25-31-20(15-5-9-17(27)10-6-15)21(38-25)22-29-13-19(30-22)14-3-4-14/h5-14H,3-4H2,1-2H3,(H,33,34,36)/p+1. The van der Waals surface area contributed by atoms with Crippen LogP contribution in [0.2, 0.25) is 0 Å². The second-order valence-corrected chi connectivity index (χ2v) is 10.3. The summed E-state index contributed by atoms with van der Waals surface area (Å²) in [6.45, 7) is 3.02. The lowest BCUT2D eigenvalue weighted by Crippen LogP contribution is -2.35. The van der Waals surface area contributed by atoms with Crippen LogP contribution >= 0.6 is 11.3 Å². The number of rotatable bonds is 7. The van der Waals surface area contributed by atoms with Crippen LogP contribution < -0.4 is 10.2 Å². The average molecular weight is 535 g/mol. The van der Waals surface area contributed by atoms with Crippen LogP contribution in [0, 0.1) is 11.6 Å². The quantitative estimate of drug-likeness (QED) is 0.227. The smallest absolute Gasteiger partial charge is 0.341 e. The highest BCUT2D eigenvalue weighted by Crippen LogP contribution is 2.42. The number of thiazole rings is 1. The van der Waals surface area contributed by atoms with Crippen LogP contribution in [0.3, 0.4) is 0 Å². The van der Waals surface area contributed by atoms with E-state index in [1.54, 1.807) is 18.3 Å². The molecule has 38 heavy (non-hydrogen) atoms. The van der Waals surface area contributed by atoms with E-state index in [0.29, 0.717) is 27.9 Å². The molecule has 12 heteroatoms. The first-order valence-corrected chi connectivity index (χ1v) is 12.6. The lowest BCUT2D eigenvalue weighted by molar-refractivity contribution is -0.120. The molecule has 0 atom stereocenters. The number of H-pyrrole nitrogens is 1. The summed E-state index contributed by atoms with van der Waals surface area (Å²) in [5.74, 6) is -1.02. The van der Waals surface area contributed by atoms with E-state index in [1.807, 2.05) is 0 Å². The van der Waals surface area contributed by atoms with E-state index in [-0.39, 0.29) is 16.5 Å². The van der Waals surface area contributed by atoms with E-state index in [9.17, 15) is 18.4 Å². The molecular weight excluding hydrogens is 512 g/mol. The summed E-state index contributed by atoms with van der Waals surface area (Å²) >= 11 is 1.22. The number of imidazole rings is 1. The van der Waals surface area contributed by atoms with Crippen LogP contribution in [0.5, 0.6) is 0 Å². The third kappa shape index (κ3) is 5.61. The predicted molar refractivity (Wildman–Crippen MR) is 137 cm³/mol. The van der Waals surface area contributed by atoms with Gasteiger partial charge in [-0.05, 0) is 75.2 Å². The molecule has 1 fully saturated rings. The molecule has 5 rings (SSSR count). The second-order valence-electron chi connectivity index (χ2n) is 9.28. The number of nitrogens with one attached hydrogen (secondary N) is 2. The minimum absolute atomic E-state index is 0.138.